The molecule has 0 spiro atoms. The molecule has 2 unspecified atom stereocenters. The molecule has 0 aliphatic carbocycles. The summed E-state index contributed by atoms with van der Waals surface area (Å²) in [7, 11) is 0. The minimum Gasteiger partial charge on any atom is -1.00 e. The van der Waals surface area contributed by atoms with Gasteiger partial charge in [-0.15, -0.1) is 0 Å². The van der Waals surface area contributed by atoms with Gasteiger partial charge in [0.15, 0.2) is 12.2 Å². The van der Waals surface area contributed by atoms with Gasteiger partial charge in [-0.1, -0.05) is 109 Å². The second kappa shape index (κ2) is 24.4. The number of hydrogen-bond acceptors (Lipinski definition) is 6. The van der Waals surface area contributed by atoms with Gasteiger partial charge in [0.2, 0.25) is 5.69 Å². The first kappa shape index (κ1) is 39.1. The van der Waals surface area contributed by atoms with E-state index in [0.29, 0.717) is 31.8 Å². The average Bonchev–Trinajstić information content (AvgIpc) is 3.49. The third-order valence-corrected chi connectivity index (χ3v) is 8.32. The summed E-state index contributed by atoms with van der Waals surface area (Å²) < 4.78 is 18.8. The monoisotopic (exact) mass is 625 g/mol. The number of carbonyl (C=O) groups is 2. The molecule has 0 bridgehead atoms. The number of halogens is 1. The maximum atomic E-state index is 12.7. The number of rotatable bonds is 24. The predicted molar refractivity (Wildman–Crippen MR) is 167 cm³/mol. The van der Waals surface area contributed by atoms with Gasteiger partial charge in [-0.05, 0) is 26.2 Å². The molecule has 8 nitrogen and oxygen atoms in total. The van der Waals surface area contributed by atoms with Crippen LogP contribution in [0.2, 0.25) is 0 Å². The molecule has 1 amide bonds. The van der Waals surface area contributed by atoms with E-state index in [1.165, 1.54) is 89.9 Å². The highest BCUT2D eigenvalue weighted by Gasteiger charge is 2.39. The summed E-state index contributed by atoms with van der Waals surface area (Å²) in [6.07, 6.45) is 24.1. The first-order valence-electron chi connectivity index (χ1n) is 17.0. The second-order valence-electron chi connectivity index (χ2n) is 11.9. The van der Waals surface area contributed by atoms with Gasteiger partial charge in [-0.25, -0.2) is 14.2 Å². The molecule has 248 valence electrons. The van der Waals surface area contributed by atoms with E-state index in [9.17, 15) is 9.59 Å². The number of unbranched alkanes of at least 4 members (excludes halogenated alkanes) is 15. The van der Waals surface area contributed by atoms with E-state index in [-0.39, 0.29) is 25.6 Å². The number of amides is 1. The molecule has 0 aromatic carbocycles. The maximum Gasteiger partial charge on any atom is 0.407 e. The highest BCUT2D eigenvalue weighted by atomic mass is 35.5. The van der Waals surface area contributed by atoms with Gasteiger partial charge in [-0.2, -0.15) is 0 Å². The number of aryl methyl sites for hydroxylation is 1. The molecule has 1 aromatic rings. The lowest BCUT2D eigenvalue weighted by Crippen LogP contribution is -3.00. The molecule has 1 aromatic heterocycles. The van der Waals surface area contributed by atoms with E-state index in [4.69, 9.17) is 19.9 Å². The van der Waals surface area contributed by atoms with Gasteiger partial charge in [-0.3, -0.25) is 0 Å². The number of nitrogens with one attached hydrogen (secondary N) is 1. The van der Waals surface area contributed by atoms with Crippen LogP contribution in [0.15, 0.2) is 24.4 Å². The van der Waals surface area contributed by atoms with Gasteiger partial charge >= 0.3 is 12.1 Å². The van der Waals surface area contributed by atoms with Gasteiger partial charge in [0.1, 0.15) is 25.4 Å². The molecule has 3 N–H and O–H groups in total. The molecule has 1 fully saturated rings. The number of ether oxygens (including phenoxy) is 3. The summed E-state index contributed by atoms with van der Waals surface area (Å²) in [4.78, 5) is 25.0. The average molecular weight is 626 g/mol. The number of carbonyl (C=O) groups excluding carboxylic acids is 2. The van der Waals surface area contributed by atoms with Crippen LogP contribution < -0.4 is 28.0 Å². The van der Waals surface area contributed by atoms with Crippen molar-refractivity contribution in [2.45, 2.75) is 148 Å². The van der Waals surface area contributed by atoms with Crippen molar-refractivity contribution in [2.75, 3.05) is 26.4 Å². The van der Waals surface area contributed by atoms with Crippen LogP contribution in [0.25, 0.3) is 0 Å². The van der Waals surface area contributed by atoms with Crippen LogP contribution in [-0.2, 0) is 25.5 Å². The highest BCUT2D eigenvalue weighted by Crippen LogP contribution is 2.27. The standard InChI is InChI=1S/C34H59N3O5.ClH/c1-3-5-6-7-8-9-10-11-12-13-14-15-16-17-18-20-25-36-33(39)41-29-34(24-22-27-42-34)28-40-32(38)31(35)30-23-19-21-26-37(30)4-2;/h19,21,23,26,31H,3-18,20,22,24-25,27-29,35H2,1-2H3;1H. The Labute approximate surface area is 267 Å². The van der Waals surface area contributed by atoms with E-state index < -0.39 is 23.7 Å². The smallest absolute Gasteiger partial charge is 0.407 e. The van der Waals surface area contributed by atoms with E-state index >= 15 is 0 Å². The first-order chi connectivity index (χ1) is 20.5. The molecule has 2 heterocycles. The van der Waals surface area contributed by atoms with Crippen molar-refractivity contribution in [3.63, 3.8) is 0 Å². The molecule has 1 aliphatic heterocycles. The Morgan fingerprint density at radius 3 is 1.98 bits per heavy atom. The quantitative estimate of drug-likeness (QED) is 0.102. The molecule has 0 radical (unpaired) electrons. The Kier molecular flexibility index (Phi) is 22.2. The van der Waals surface area contributed by atoms with Crippen molar-refractivity contribution >= 4 is 12.1 Å². The molecule has 0 saturated carbocycles. The molecular formula is C34H60ClN3O5. The number of aromatic nitrogens is 1. The summed E-state index contributed by atoms with van der Waals surface area (Å²) in [5, 5.41) is 2.84. The Hall–Kier alpha value is -1.90. The van der Waals surface area contributed by atoms with Gasteiger partial charge in [0.05, 0.1) is 0 Å². The van der Waals surface area contributed by atoms with E-state index in [1.807, 2.05) is 35.9 Å². The molecule has 1 aliphatic rings. The van der Waals surface area contributed by atoms with Crippen LogP contribution >= 0.6 is 0 Å². The zero-order valence-electron chi connectivity index (χ0n) is 27.1. The Morgan fingerprint density at radius 2 is 1.44 bits per heavy atom. The summed E-state index contributed by atoms with van der Waals surface area (Å²) in [5.41, 5.74) is 6.06. The fourth-order valence-electron chi connectivity index (χ4n) is 5.61. The molecule has 2 rings (SSSR count). The lowest BCUT2D eigenvalue weighted by Gasteiger charge is -2.27. The summed E-state index contributed by atoms with van der Waals surface area (Å²) in [5.74, 6) is -0.522. The Balaban J connectivity index is 0.00000924. The molecular weight excluding hydrogens is 566 g/mol. The third-order valence-electron chi connectivity index (χ3n) is 8.32. The molecule has 1 saturated heterocycles. The van der Waals surface area contributed by atoms with Crippen LogP contribution in [0, 0.1) is 0 Å². The number of hydrogen-bond donors (Lipinski definition) is 2. The fraction of sp³-hybridized carbons (Fsp3) is 0.794. The largest absolute Gasteiger partial charge is 1.00 e. The van der Waals surface area contributed by atoms with Crippen molar-refractivity contribution < 1.29 is 40.8 Å². The number of alkyl carbamates (subject to hydrolysis) is 1. The van der Waals surface area contributed by atoms with Gasteiger partial charge < -0.3 is 37.7 Å². The van der Waals surface area contributed by atoms with Crippen molar-refractivity contribution in [2.24, 2.45) is 5.73 Å². The predicted octanol–water partition coefficient (Wildman–Crippen LogP) is 4.08. The summed E-state index contributed by atoms with van der Waals surface area (Å²) in [6.45, 7) is 6.16. The van der Waals surface area contributed by atoms with E-state index in [1.54, 1.807) is 0 Å². The first-order valence-corrected chi connectivity index (χ1v) is 17.0. The maximum absolute atomic E-state index is 12.7. The van der Waals surface area contributed by atoms with Crippen molar-refractivity contribution in [3.8, 4) is 0 Å². The Morgan fingerprint density at radius 1 is 0.884 bits per heavy atom. The van der Waals surface area contributed by atoms with Crippen LogP contribution in [-0.4, -0.2) is 44.0 Å². The van der Waals surface area contributed by atoms with Gasteiger partial charge in [0.25, 0.3) is 0 Å². The van der Waals surface area contributed by atoms with Crippen molar-refractivity contribution in [1.29, 1.82) is 0 Å². The Bertz CT molecular complexity index is 866. The molecule has 9 heteroatoms. The van der Waals surface area contributed by atoms with E-state index in [2.05, 4.69) is 12.2 Å². The highest BCUT2D eigenvalue weighted by molar-refractivity contribution is 5.76. The number of pyridine rings is 1. The fourth-order valence-corrected chi connectivity index (χ4v) is 5.61. The number of esters is 1. The second-order valence-corrected chi connectivity index (χ2v) is 11.9. The zero-order chi connectivity index (χ0) is 30.3. The number of nitrogens with zero attached hydrogens (tertiary/aromatic N) is 1. The SMILES string of the molecule is CCCCCCCCCCCCCCCCCCNC(=O)OCC1(COC(=O)C(N)c2cccc[n+]2CC)CCCO1.[Cl-]. The normalized spacial score (nSPS) is 16.8. The summed E-state index contributed by atoms with van der Waals surface area (Å²) >= 11 is 0. The molecule has 2 atom stereocenters. The molecule has 43 heavy (non-hydrogen) atoms. The third kappa shape index (κ3) is 16.7. The summed E-state index contributed by atoms with van der Waals surface area (Å²) in [6, 6.07) is 4.68. The van der Waals surface area contributed by atoms with Crippen LogP contribution in [0.3, 0.4) is 0 Å². The van der Waals surface area contributed by atoms with Gasteiger partial charge in [0, 0.05) is 25.3 Å². The minimum atomic E-state index is -0.895. The van der Waals surface area contributed by atoms with Crippen LogP contribution in [0.5, 0.6) is 0 Å². The van der Waals surface area contributed by atoms with Crippen molar-refractivity contribution in [1.82, 2.24) is 5.32 Å². The number of nitrogens with two attached hydrogens (primary N) is 1. The minimum absolute atomic E-state index is 0. The lowest BCUT2D eigenvalue weighted by molar-refractivity contribution is -0.701. The topological polar surface area (TPSA) is 104 Å². The lowest BCUT2D eigenvalue weighted by atomic mass is 10.0. The zero-order valence-corrected chi connectivity index (χ0v) is 27.8. The van der Waals surface area contributed by atoms with E-state index in [0.717, 1.165) is 19.3 Å². The van der Waals surface area contributed by atoms with Crippen molar-refractivity contribution in [3.05, 3.63) is 30.1 Å². The van der Waals surface area contributed by atoms with Crippen LogP contribution in [0.1, 0.15) is 141 Å². The van der Waals surface area contributed by atoms with Crippen LogP contribution in [0.4, 0.5) is 4.79 Å².